The maximum Gasteiger partial charge on any atom is 0.287 e. The smallest absolute Gasteiger partial charge is 0.287 e. The number of β-amino-alcohol motifs (C(OH)–C–C–N with tert-alkyl or cyclic N) is 2. The quantitative estimate of drug-likeness (QED) is 0.0754. The number of aliphatic hydroxyl groups is 4. The predicted molar refractivity (Wildman–Crippen MR) is 145 cm³/mol. The van der Waals surface area contributed by atoms with E-state index in [1.807, 2.05) is 0 Å². The maximum atomic E-state index is 14.0. The van der Waals surface area contributed by atoms with E-state index >= 15 is 0 Å². The van der Waals surface area contributed by atoms with Gasteiger partial charge in [0.25, 0.3) is 17.7 Å². The van der Waals surface area contributed by atoms with Gasteiger partial charge in [-0.3, -0.25) is 19.3 Å². The summed E-state index contributed by atoms with van der Waals surface area (Å²) < 4.78 is 4.86. The third-order valence-corrected chi connectivity index (χ3v) is 7.47. The average Bonchev–Trinajstić information content (AvgIpc) is 3.39. The van der Waals surface area contributed by atoms with Gasteiger partial charge in [-0.05, 0) is 6.42 Å². The summed E-state index contributed by atoms with van der Waals surface area (Å²) >= 11 is 0. The number of anilines is 2. The zero-order valence-electron chi connectivity index (χ0n) is 23.2. The number of carbonyl (C=O) groups is 3. The number of hydrogen-bond donors (Lipinski definition) is 13. The highest BCUT2D eigenvalue weighted by molar-refractivity contribution is 6.13. The first-order chi connectivity index (χ1) is 21.3. The number of piperidine rings is 1. The van der Waals surface area contributed by atoms with E-state index in [1.165, 1.54) is 0 Å². The molecule has 2 aromatic carbocycles. The van der Waals surface area contributed by atoms with Crippen molar-refractivity contribution in [3.05, 3.63) is 17.0 Å². The molecule has 0 radical (unpaired) electrons. The molecule has 3 aromatic rings. The highest BCUT2D eigenvalue weighted by Gasteiger charge is 2.51. The van der Waals surface area contributed by atoms with E-state index < -0.39 is 128 Å². The standard InChI is InChI=1S/C25H25N5O16/c1-46-20-18(37)16(35)11(17(36)19(20)38)30-8-6(7(27-30)21(26)39)25(44,45)5-29(22(8)40)10-14(33)12(31)9(13(32)15(10)34)28-4-2-3-24(42,43)23(28)41/h31-38,42-45H,2-5H2,1H3,(H2,26,39). The minimum atomic E-state index is -3.40. The molecule has 46 heavy (non-hydrogen) atoms. The van der Waals surface area contributed by atoms with Crippen LogP contribution in [0.25, 0.3) is 5.69 Å². The van der Waals surface area contributed by atoms with Crippen molar-refractivity contribution in [1.82, 2.24) is 9.78 Å². The van der Waals surface area contributed by atoms with E-state index in [4.69, 9.17) is 10.5 Å². The number of hydrogen-bond acceptors (Lipinski definition) is 17. The molecule has 0 atom stereocenters. The third-order valence-electron chi connectivity index (χ3n) is 7.47. The third kappa shape index (κ3) is 4.17. The van der Waals surface area contributed by atoms with Crippen LogP contribution in [0.2, 0.25) is 0 Å². The number of benzene rings is 2. The number of fused-ring (bicyclic) bond motifs is 1. The fourth-order valence-corrected chi connectivity index (χ4v) is 5.37. The van der Waals surface area contributed by atoms with Crippen LogP contribution in [0.15, 0.2) is 0 Å². The van der Waals surface area contributed by atoms with Crippen molar-refractivity contribution in [1.29, 1.82) is 0 Å². The molecule has 3 heterocycles. The van der Waals surface area contributed by atoms with Gasteiger partial charge in [0.1, 0.15) is 17.1 Å². The Morgan fingerprint density at radius 2 is 1.24 bits per heavy atom. The van der Waals surface area contributed by atoms with Crippen LogP contribution in [-0.4, -0.2) is 115 Å². The number of rotatable bonds is 5. The summed E-state index contributed by atoms with van der Waals surface area (Å²) in [6.45, 7) is -1.76. The minimum Gasteiger partial charge on any atom is -0.503 e. The van der Waals surface area contributed by atoms with Crippen LogP contribution in [-0.2, 0) is 10.6 Å². The van der Waals surface area contributed by atoms with E-state index in [0.717, 1.165) is 7.11 Å². The van der Waals surface area contributed by atoms with Gasteiger partial charge in [-0.15, -0.1) is 0 Å². The zero-order valence-corrected chi connectivity index (χ0v) is 23.2. The van der Waals surface area contributed by atoms with Crippen molar-refractivity contribution < 1.29 is 80.4 Å². The van der Waals surface area contributed by atoms with E-state index in [0.29, 0.717) is 4.90 Å². The zero-order chi connectivity index (χ0) is 34.4. The van der Waals surface area contributed by atoms with Gasteiger partial charge in [-0.25, -0.2) is 4.68 Å². The largest absolute Gasteiger partial charge is 0.503 e. The first kappa shape index (κ1) is 31.5. The number of aromatic hydroxyl groups is 8. The lowest BCUT2D eigenvalue weighted by Gasteiger charge is -2.38. The molecule has 0 aliphatic carbocycles. The van der Waals surface area contributed by atoms with Gasteiger partial charge in [0.2, 0.25) is 28.8 Å². The molecule has 2 aliphatic rings. The van der Waals surface area contributed by atoms with E-state index in [1.54, 1.807) is 0 Å². The second-order valence-electron chi connectivity index (χ2n) is 10.3. The number of nitrogens with two attached hydrogens (primary N) is 1. The van der Waals surface area contributed by atoms with E-state index in [-0.39, 0.29) is 22.5 Å². The lowest BCUT2D eigenvalue weighted by molar-refractivity contribution is -0.188. The number of amides is 3. The van der Waals surface area contributed by atoms with Gasteiger partial charge in [-0.2, -0.15) is 5.10 Å². The Balaban J connectivity index is 1.77. The van der Waals surface area contributed by atoms with Crippen molar-refractivity contribution in [2.75, 3.05) is 30.0 Å². The summed E-state index contributed by atoms with van der Waals surface area (Å²) in [4.78, 5) is 39.4. The SMILES string of the molecule is COc1c(O)c(O)c(-n2nc(C(N)=O)c3c2C(=O)N(c2c(O)c(O)c(N4CCCC(O)(O)C4=O)c(O)c2O)CC3(O)O)c(O)c1O. The molecule has 3 amide bonds. The van der Waals surface area contributed by atoms with Gasteiger partial charge in [-0.1, -0.05) is 0 Å². The van der Waals surface area contributed by atoms with E-state index in [2.05, 4.69) is 5.10 Å². The summed E-state index contributed by atoms with van der Waals surface area (Å²) in [7, 11) is 0.932. The Morgan fingerprint density at radius 3 is 1.72 bits per heavy atom. The van der Waals surface area contributed by atoms with Crippen molar-refractivity contribution in [3.8, 4) is 57.4 Å². The van der Waals surface area contributed by atoms with Crippen LogP contribution in [0, 0.1) is 0 Å². The molecular formula is C25H25N5O16. The Morgan fingerprint density at radius 1 is 0.761 bits per heavy atom. The highest BCUT2D eigenvalue weighted by Crippen LogP contribution is 2.58. The number of methoxy groups -OCH3 is 1. The number of phenolic OH excluding ortho intramolecular Hbond substituents is 8. The summed E-state index contributed by atoms with van der Waals surface area (Å²) in [6.07, 6.45) is -0.524. The Bertz CT molecular complexity index is 1810. The second kappa shape index (κ2) is 10.1. The average molecular weight is 651 g/mol. The topological polar surface area (TPSA) is 354 Å². The number of nitrogens with zero attached hydrogens (tertiary/aromatic N) is 4. The summed E-state index contributed by atoms with van der Waals surface area (Å²) in [5.41, 5.74) is -1.33. The minimum absolute atomic E-state index is 0.0891. The van der Waals surface area contributed by atoms with E-state index in [9.17, 15) is 75.7 Å². The molecule has 1 fully saturated rings. The summed E-state index contributed by atoms with van der Waals surface area (Å²) in [6, 6.07) is 0. The Kier molecular flexibility index (Phi) is 6.90. The number of ether oxygens (including phenoxy) is 1. The molecule has 2 aliphatic heterocycles. The molecule has 1 aromatic heterocycles. The van der Waals surface area contributed by atoms with Crippen LogP contribution >= 0.6 is 0 Å². The van der Waals surface area contributed by atoms with Gasteiger partial charge in [0.15, 0.2) is 45.9 Å². The van der Waals surface area contributed by atoms with Crippen LogP contribution in [0.5, 0.6) is 51.7 Å². The molecule has 246 valence electrons. The van der Waals surface area contributed by atoms with Gasteiger partial charge >= 0.3 is 0 Å². The normalized spacial score (nSPS) is 17.2. The van der Waals surface area contributed by atoms with Crippen molar-refractivity contribution in [2.45, 2.75) is 24.4 Å². The molecule has 0 saturated carbocycles. The molecule has 14 N–H and O–H groups in total. The first-order valence-corrected chi connectivity index (χ1v) is 12.8. The van der Waals surface area contributed by atoms with Gasteiger partial charge < -0.3 is 76.6 Å². The molecule has 21 heteroatoms. The predicted octanol–water partition coefficient (Wildman–Crippen LogP) is -2.77. The van der Waals surface area contributed by atoms with Crippen molar-refractivity contribution in [2.24, 2.45) is 5.73 Å². The molecular weight excluding hydrogens is 626 g/mol. The molecule has 0 bridgehead atoms. The lowest BCUT2D eigenvalue weighted by atomic mass is 9.95. The number of phenols is 8. The Hall–Kier alpha value is -5.90. The molecule has 0 spiro atoms. The molecule has 0 unspecified atom stereocenters. The van der Waals surface area contributed by atoms with Crippen LogP contribution < -0.4 is 20.3 Å². The second-order valence-corrected chi connectivity index (χ2v) is 10.3. The maximum absolute atomic E-state index is 14.0. The van der Waals surface area contributed by atoms with Gasteiger partial charge in [0.05, 0.1) is 19.2 Å². The molecule has 1 saturated heterocycles. The molecule has 21 nitrogen and oxygen atoms in total. The fourth-order valence-electron chi connectivity index (χ4n) is 5.37. The molecule has 5 rings (SSSR count). The summed E-state index contributed by atoms with van der Waals surface area (Å²) in [5.74, 6) is -22.6. The summed E-state index contributed by atoms with van der Waals surface area (Å²) in [5, 5.41) is 131. The lowest BCUT2D eigenvalue weighted by Crippen LogP contribution is -2.53. The van der Waals surface area contributed by atoms with Crippen molar-refractivity contribution >= 4 is 29.1 Å². The number of carbonyl (C=O) groups excluding carboxylic acids is 3. The van der Waals surface area contributed by atoms with Crippen LogP contribution in [0.1, 0.15) is 39.4 Å². The van der Waals surface area contributed by atoms with Crippen molar-refractivity contribution in [3.63, 3.8) is 0 Å². The van der Waals surface area contributed by atoms with Gasteiger partial charge in [0, 0.05) is 13.0 Å². The fraction of sp³-hybridized carbons (Fsp3) is 0.280. The Labute approximate surface area is 254 Å². The number of aromatic nitrogens is 2. The first-order valence-electron chi connectivity index (χ1n) is 12.8. The monoisotopic (exact) mass is 651 g/mol. The van der Waals surface area contributed by atoms with Crippen LogP contribution in [0.3, 0.4) is 0 Å². The van der Waals surface area contributed by atoms with Crippen LogP contribution in [0.4, 0.5) is 11.4 Å². The number of primary amides is 1. The highest BCUT2D eigenvalue weighted by atomic mass is 16.5.